The zero-order chi connectivity index (χ0) is 21.2. The summed E-state index contributed by atoms with van der Waals surface area (Å²) in [5.74, 6) is -0.827. The number of carbonyl (C=O) groups is 3. The summed E-state index contributed by atoms with van der Waals surface area (Å²) < 4.78 is 11.0. The van der Waals surface area contributed by atoms with Crippen molar-refractivity contribution in [3.05, 3.63) is 54.1 Å². The van der Waals surface area contributed by atoms with Crippen molar-refractivity contribution in [2.75, 3.05) is 16.8 Å². The summed E-state index contributed by atoms with van der Waals surface area (Å²) in [6.07, 6.45) is -0.297. The summed E-state index contributed by atoms with van der Waals surface area (Å²) in [6.45, 7) is 6.48. The first-order valence-electron chi connectivity index (χ1n) is 9.38. The molecule has 1 aliphatic heterocycles. The fourth-order valence-electron chi connectivity index (χ4n) is 3.02. The summed E-state index contributed by atoms with van der Waals surface area (Å²) in [5, 5.41) is 2.80. The maximum atomic E-state index is 12.9. The van der Waals surface area contributed by atoms with Crippen LogP contribution in [-0.2, 0) is 14.3 Å². The number of anilines is 2. The van der Waals surface area contributed by atoms with Crippen LogP contribution in [-0.4, -0.2) is 36.0 Å². The molecule has 0 aromatic heterocycles. The van der Waals surface area contributed by atoms with Gasteiger partial charge in [-0.15, -0.1) is 0 Å². The molecule has 2 aromatic rings. The number of fused-ring (bicyclic) bond motifs is 1. The maximum absolute atomic E-state index is 12.9. The Morgan fingerprint density at radius 1 is 1.14 bits per heavy atom. The minimum atomic E-state index is -1.14. The van der Waals surface area contributed by atoms with Crippen LogP contribution in [0.25, 0.3) is 0 Å². The number of nitrogens with zero attached hydrogens (tertiary/aromatic N) is 1. The summed E-state index contributed by atoms with van der Waals surface area (Å²) in [6, 6.07) is 13.8. The van der Waals surface area contributed by atoms with Crippen LogP contribution in [0.4, 0.5) is 11.4 Å². The normalized spacial score (nSPS) is 14.8. The van der Waals surface area contributed by atoms with E-state index in [2.05, 4.69) is 5.32 Å². The van der Waals surface area contributed by atoms with Crippen molar-refractivity contribution >= 4 is 29.2 Å². The Morgan fingerprint density at radius 2 is 1.83 bits per heavy atom. The molecule has 152 valence electrons. The van der Waals surface area contributed by atoms with Gasteiger partial charge in [-0.3, -0.25) is 19.3 Å². The molecule has 0 radical (unpaired) electrons. The largest absolute Gasteiger partial charge is 0.476 e. The van der Waals surface area contributed by atoms with Crippen LogP contribution in [0.2, 0.25) is 0 Å². The van der Waals surface area contributed by atoms with E-state index in [9.17, 15) is 14.4 Å². The average molecular weight is 396 g/mol. The number of esters is 1. The number of hydrogen-bond donors (Lipinski definition) is 1. The van der Waals surface area contributed by atoms with Gasteiger partial charge in [-0.2, -0.15) is 0 Å². The Hall–Kier alpha value is -3.35. The summed E-state index contributed by atoms with van der Waals surface area (Å²) in [5.41, 5.74) is 0.210. The summed E-state index contributed by atoms with van der Waals surface area (Å²) in [4.78, 5) is 39.1. The molecular formula is C22H24N2O5. The van der Waals surface area contributed by atoms with Crippen LogP contribution < -0.4 is 15.0 Å². The first-order chi connectivity index (χ1) is 13.7. The number of ether oxygens (including phenoxy) is 2. The Balaban J connectivity index is 1.91. The van der Waals surface area contributed by atoms with Gasteiger partial charge in [0.2, 0.25) is 0 Å². The molecule has 0 unspecified atom stereocenters. The highest BCUT2D eigenvalue weighted by atomic mass is 16.5. The van der Waals surface area contributed by atoms with Crippen molar-refractivity contribution in [2.24, 2.45) is 0 Å². The highest BCUT2D eigenvalue weighted by molar-refractivity contribution is 6.08. The van der Waals surface area contributed by atoms with Gasteiger partial charge in [-0.25, -0.2) is 0 Å². The molecular weight excluding hydrogens is 372 g/mol. The van der Waals surface area contributed by atoms with E-state index in [1.165, 1.54) is 4.90 Å². The fourth-order valence-corrected chi connectivity index (χ4v) is 3.02. The molecule has 1 N–H and O–H groups in total. The van der Waals surface area contributed by atoms with Crippen molar-refractivity contribution in [2.45, 2.75) is 39.4 Å². The quantitative estimate of drug-likeness (QED) is 0.783. The summed E-state index contributed by atoms with van der Waals surface area (Å²) in [7, 11) is 0. The van der Waals surface area contributed by atoms with Crippen molar-refractivity contribution in [3.8, 4) is 5.75 Å². The van der Waals surface area contributed by atoms with Gasteiger partial charge >= 0.3 is 5.97 Å². The molecule has 2 amide bonds. The van der Waals surface area contributed by atoms with Gasteiger partial charge in [0.05, 0.1) is 11.8 Å². The van der Waals surface area contributed by atoms with Crippen molar-refractivity contribution in [3.63, 3.8) is 0 Å². The van der Waals surface area contributed by atoms with E-state index in [0.717, 1.165) is 0 Å². The molecule has 0 fully saturated rings. The second-order valence-corrected chi connectivity index (χ2v) is 7.54. The van der Waals surface area contributed by atoms with E-state index >= 15 is 0 Å². The second kappa shape index (κ2) is 7.95. The number of amides is 2. The first-order valence-corrected chi connectivity index (χ1v) is 9.38. The third-order valence-corrected chi connectivity index (χ3v) is 4.32. The highest BCUT2D eigenvalue weighted by Gasteiger charge is 2.42. The van der Waals surface area contributed by atoms with Gasteiger partial charge < -0.3 is 14.8 Å². The topological polar surface area (TPSA) is 84.9 Å². The maximum Gasteiger partial charge on any atom is 0.326 e. The number of carbonyl (C=O) groups excluding carboxylic acids is 3. The van der Waals surface area contributed by atoms with Crippen LogP contribution in [0, 0.1) is 0 Å². The lowest BCUT2D eigenvalue weighted by atomic mass is 10.0. The molecule has 3 rings (SSSR count). The van der Waals surface area contributed by atoms with Gasteiger partial charge in [0, 0.05) is 11.3 Å². The van der Waals surface area contributed by atoms with Crippen molar-refractivity contribution in [1.29, 1.82) is 0 Å². The lowest BCUT2D eigenvalue weighted by molar-refractivity contribution is -0.147. The van der Waals surface area contributed by atoms with Crippen LogP contribution in [0.3, 0.4) is 0 Å². The van der Waals surface area contributed by atoms with Crippen LogP contribution in [0.1, 0.15) is 38.1 Å². The molecule has 0 bridgehead atoms. The highest BCUT2D eigenvalue weighted by Crippen LogP contribution is 2.38. The molecule has 7 heteroatoms. The van der Waals surface area contributed by atoms with E-state index in [0.29, 0.717) is 22.7 Å². The Kier molecular flexibility index (Phi) is 5.59. The Labute approximate surface area is 169 Å². The number of hydrogen-bond acceptors (Lipinski definition) is 5. The fraction of sp³-hybridized carbons (Fsp3) is 0.318. The van der Waals surface area contributed by atoms with E-state index in [4.69, 9.17) is 9.47 Å². The van der Waals surface area contributed by atoms with E-state index in [1.54, 1.807) is 58.0 Å². The zero-order valence-corrected chi connectivity index (χ0v) is 16.9. The Morgan fingerprint density at radius 3 is 2.48 bits per heavy atom. The van der Waals surface area contributed by atoms with E-state index < -0.39 is 11.6 Å². The van der Waals surface area contributed by atoms with Gasteiger partial charge in [-0.05, 0) is 58.0 Å². The molecule has 0 aliphatic carbocycles. The molecule has 0 saturated heterocycles. The monoisotopic (exact) mass is 396 g/mol. The molecule has 0 saturated carbocycles. The van der Waals surface area contributed by atoms with Gasteiger partial charge in [0.25, 0.3) is 11.8 Å². The third-order valence-electron chi connectivity index (χ3n) is 4.32. The third kappa shape index (κ3) is 4.56. The predicted octanol–water partition coefficient (Wildman–Crippen LogP) is 3.39. The number of para-hydroxylation sites is 1. The molecule has 1 heterocycles. The minimum absolute atomic E-state index is 0.263. The standard InChI is InChI=1S/C22H24N2O5/c1-14(2)28-19(25)13-24-17-12-15(20(26)23-16-8-6-5-7-9-16)10-11-18(17)29-22(3,4)21(24)27/h5-12,14H,13H2,1-4H3,(H,23,26). The number of benzene rings is 2. The molecule has 2 aromatic carbocycles. The zero-order valence-electron chi connectivity index (χ0n) is 16.9. The molecule has 7 nitrogen and oxygen atoms in total. The molecule has 0 atom stereocenters. The van der Waals surface area contributed by atoms with Crippen LogP contribution in [0.5, 0.6) is 5.75 Å². The van der Waals surface area contributed by atoms with Crippen LogP contribution in [0.15, 0.2) is 48.5 Å². The Bertz CT molecular complexity index is 937. The SMILES string of the molecule is CC(C)OC(=O)CN1C(=O)C(C)(C)Oc2ccc(C(=O)Nc3ccccc3)cc21. The van der Waals surface area contributed by atoms with E-state index in [1.807, 2.05) is 18.2 Å². The van der Waals surface area contributed by atoms with Crippen molar-refractivity contribution < 1.29 is 23.9 Å². The lowest BCUT2D eigenvalue weighted by Crippen LogP contribution is -2.54. The smallest absolute Gasteiger partial charge is 0.326 e. The lowest BCUT2D eigenvalue weighted by Gasteiger charge is -2.38. The van der Waals surface area contributed by atoms with Gasteiger partial charge in [0.15, 0.2) is 5.60 Å². The molecule has 1 aliphatic rings. The number of rotatable bonds is 5. The van der Waals surface area contributed by atoms with Gasteiger partial charge in [0.1, 0.15) is 12.3 Å². The van der Waals surface area contributed by atoms with Gasteiger partial charge in [-0.1, -0.05) is 18.2 Å². The van der Waals surface area contributed by atoms with E-state index in [-0.39, 0.29) is 24.5 Å². The predicted molar refractivity (Wildman–Crippen MR) is 109 cm³/mol. The first kappa shape index (κ1) is 20.4. The molecule has 29 heavy (non-hydrogen) atoms. The van der Waals surface area contributed by atoms with Crippen LogP contribution >= 0.6 is 0 Å². The average Bonchev–Trinajstić information content (AvgIpc) is 2.65. The number of nitrogens with one attached hydrogen (secondary N) is 1. The van der Waals surface area contributed by atoms with Crippen molar-refractivity contribution in [1.82, 2.24) is 0 Å². The molecule has 0 spiro atoms. The minimum Gasteiger partial charge on any atom is -0.476 e. The summed E-state index contributed by atoms with van der Waals surface area (Å²) >= 11 is 0. The second-order valence-electron chi connectivity index (χ2n) is 7.54.